The molecule has 1 aliphatic rings. The zero-order valence-electron chi connectivity index (χ0n) is 11.7. The van der Waals surface area contributed by atoms with E-state index in [2.05, 4.69) is 10.2 Å². The first kappa shape index (κ1) is 15.3. The molecule has 1 heterocycles. The van der Waals surface area contributed by atoms with E-state index < -0.39 is 17.7 Å². The van der Waals surface area contributed by atoms with Gasteiger partial charge in [-0.2, -0.15) is 18.3 Å². The fourth-order valence-electron chi connectivity index (χ4n) is 2.53. The minimum atomic E-state index is -4.52. The predicted octanol–water partition coefficient (Wildman–Crippen LogP) is 3.47. The van der Waals surface area contributed by atoms with Crippen molar-refractivity contribution in [3.63, 3.8) is 0 Å². The predicted molar refractivity (Wildman–Crippen MR) is 72.5 cm³/mol. The minimum Gasteiger partial charge on any atom is -0.477 e. The van der Waals surface area contributed by atoms with Gasteiger partial charge >= 0.3 is 12.1 Å². The van der Waals surface area contributed by atoms with Crippen molar-refractivity contribution in [2.75, 3.05) is 0 Å². The van der Waals surface area contributed by atoms with Crippen LogP contribution < -0.4 is 4.74 Å². The minimum absolute atomic E-state index is 0.134. The van der Waals surface area contributed by atoms with Gasteiger partial charge in [-0.1, -0.05) is 6.07 Å². The number of halogens is 3. The van der Waals surface area contributed by atoms with Gasteiger partial charge in [-0.15, -0.1) is 5.10 Å². The number of carbonyl (C=O) groups is 1. The molecule has 0 bridgehead atoms. The lowest BCUT2D eigenvalue weighted by molar-refractivity contribution is -0.137. The zero-order valence-corrected chi connectivity index (χ0v) is 11.7. The van der Waals surface area contributed by atoms with Crippen molar-refractivity contribution >= 4 is 5.97 Å². The number of carboxylic acid groups (broad SMARTS) is 1. The van der Waals surface area contributed by atoms with Crippen LogP contribution in [0.25, 0.3) is 0 Å². The largest absolute Gasteiger partial charge is 0.477 e. The number of aromatic nitrogens is 2. The Kier molecular flexibility index (Phi) is 3.67. The normalized spacial score (nSPS) is 13.7. The van der Waals surface area contributed by atoms with Crippen LogP contribution >= 0.6 is 0 Å². The topological polar surface area (TPSA) is 72.3 Å². The van der Waals surface area contributed by atoms with Gasteiger partial charge in [0, 0.05) is 0 Å². The Hall–Kier alpha value is -2.64. The maximum absolute atomic E-state index is 12.7. The third-order valence-electron chi connectivity index (χ3n) is 3.56. The van der Waals surface area contributed by atoms with Crippen LogP contribution in [0.4, 0.5) is 13.2 Å². The summed E-state index contributed by atoms with van der Waals surface area (Å²) >= 11 is 0. The Morgan fingerprint density at radius 3 is 2.70 bits per heavy atom. The molecule has 0 fully saturated rings. The summed E-state index contributed by atoms with van der Waals surface area (Å²) in [6, 6.07) is 4.18. The summed E-state index contributed by atoms with van der Waals surface area (Å²) in [6.07, 6.45) is -2.59. The van der Waals surface area contributed by atoms with Crippen LogP contribution in [0.15, 0.2) is 24.3 Å². The summed E-state index contributed by atoms with van der Waals surface area (Å²) in [6.45, 7) is 0. The van der Waals surface area contributed by atoms with Gasteiger partial charge < -0.3 is 9.84 Å². The van der Waals surface area contributed by atoms with Gasteiger partial charge in [-0.3, -0.25) is 0 Å². The number of alkyl halides is 3. The lowest BCUT2D eigenvalue weighted by Crippen LogP contribution is -2.09. The molecule has 0 spiro atoms. The summed E-state index contributed by atoms with van der Waals surface area (Å²) in [5.41, 5.74) is 0.110. The van der Waals surface area contributed by atoms with Crippen molar-refractivity contribution in [1.82, 2.24) is 10.2 Å². The van der Waals surface area contributed by atoms with Crippen LogP contribution in [-0.2, 0) is 19.0 Å². The van der Waals surface area contributed by atoms with Crippen LogP contribution in [0.3, 0.4) is 0 Å². The van der Waals surface area contributed by atoms with E-state index in [4.69, 9.17) is 4.74 Å². The average Bonchev–Trinajstić information content (AvgIpc) is 2.94. The summed E-state index contributed by atoms with van der Waals surface area (Å²) in [7, 11) is 0. The number of benzene rings is 1. The van der Waals surface area contributed by atoms with Gasteiger partial charge in [0.1, 0.15) is 11.3 Å². The Balaban J connectivity index is 2.00. The fraction of sp³-hybridized carbons (Fsp3) is 0.267. The maximum atomic E-state index is 12.7. The summed E-state index contributed by atoms with van der Waals surface area (Å²) in [4.78, 5) is 11.5. The number of ether oxygens (including phenoxy) is 1. The summed E-state index contributed by atoms with van der Waals surface area (Å²) in [5.74, 6) is -1.67. The Morgan fingerprint density at radius 1 is 1.22 bits per heavy atom. The van der Waals surface area contributed by atoms with Gasteiger partial charge in [0.15, 0.2) is 0 Å². The molecule has 1 N–H and O–H groups in total. The molecule has 0 unspecified atom stereocenters. The molecule has 0 saturated heterocycles. The highest BCUT2D eigenvalue weighted by Crippen LogP contribution is 2.34. The second-order valence-corrected chi connectivity index (χ2v) is 5.09. The van der Waals surface area contributed by atoms with E-state index in [0.717, 1.165) is 18.6 Å². The molecule has 1 aromatic heterocycles. The number of fused-ring (bicyclic) bond motifs is 1. The third-order valence-corrected chi connectivity index (χ3v) is 3.56. The van der Waals surface area contributed by atoms with Gasteiger partial charge in [-0.25, -0.2) is 4.79 Å². The smallest absolute Gasteiger partial charge is 0.416 e. The van der Waals surface area contributed by atoms with Gasteiger partial charge in [-0.05, 0) is 43.0 Å². The van der Waals surface area contributed by atoms with Crippen LogP contribution in [-0.4, -0.2) is 21.3 Å². The van der Waals surface area contributed by atoms with Crippen molar-refractivity contribution < 1.29 is 27.8 Å². The van der Waals surface area contributed by atoms with E-state index in [0.29, 0.717) is 24.1 Å². The molecule has 23 heavy (non-hydrogen) atoms. The van der Waals surface area contributed by atoms with Crippen molar-refractivity contribution in [3.05, 3.63) is 46.6 Å². The second-order valence-electron chi connectivity index (χ2n) is 5.09. The number of nitrogens with zero attached hydrogens (tertiary/aromatic N) is 2. The highest BCUT2D eigenvalue weighted by atomic mass is 19.4. The SMILES string of the molecule is O=C(O)c1c(Oc2cccc(C(F)(F)F)c2)nnc2c1CCC2. The molecule has 0 aliphatic heterocycles. The quantitative estimate of drug-likeness (QED) is 0.936. The fourth-order valence-corrected chi connectivity index (χ4v) is 2.53. The summed E-state index contributed by atoms with van der Waals surface area (Å²) in [5, 5.41) is 17.0. The van der Waals surface area contributed by atoms with E-state index >= 15 is 0 Å². The summed E-state index contributed by atoms with van der Waals surface area (Å²) < 4.78 is 43.4. The number of carboxylic acids is 1. The molecular formula is C15H11F3N2O3. The molecule has 5 nitrogen and oxygen atoms in total. The highest BCUT2D eigenvalue weighted by molar-refractivity contribution is 5.92. The number of hydrogen-bond donors (Lipinski definition) is 1. The molecule has 0 radical (unpaired) electrons. The van der Waals surface area contributed by atoms with E-state index in [1.54, 1.807) is 0 Å². The first-order valence-electron chi connectivity index (χ1n) is 6.83. The molecule has 0 atom stereocenters. The monoisotopic (exact) mass is 324 g/mol. The first-order chi connectivity index (χ1) is 10.9. The number of aryl methyl sites for hydroxylation is 1. The number of hydrogen-bond acceptors (Lipinski definition) is 4. The Bertz CT molecular complexity index is 775. The average molecular weight is 324 g/mol. The van der Waals surface area contributed by atoms with Crippen molar-refractivity contribution in [3.8, 4) is 11.6 Å². The van der Waals surface area contributed by atoms with Crippen LogP contribution in [0.5, 0.6) is 11.6 Å². The Morgan fingerprint density at radius 2 is 2.00 bits per heavy atom. The zero-order chi connectivity index (χ0) is 16.6. The number of aromatic carboxylic acids is 1. The highest BCUT2D eigenvalue weighted by Gasteiger charge is 2.31. The van der Waals surface area contributed by atoms with E-state index in [1.807, 2.05) is 0 Å². The molecular weight excluding hydrogens is 313 g/mol. The second kappa shape index (κ2) is 5.53. The van der Waals surface area contributed by atoms with E-state index in [1.165, 1.54) is 12.1 Å². The molecule has 120 valence electrons. The molecule has 8 heteroatoms. The molecule has 1 aliphatic carbocycles. The maximum Gasteiger partial charge on any atom is 0.416 e. The third kappa shape index (κ3) is 2.96. The lowest BCUT2D eigenvalue weighted by atomic mass is 10.1. The molecule has 2 aromatic rings. The Labute approximate surface area is 128 Å². The first-order valence-corrected chi connectivity index (χ1v) is 6.83. The van der Waals surface area contributed by atoms with E-state index in [9.17, 15) is 23.1 Å². The van der Waals surface area contributed by atoms with Crippen molar-refractivity contribution in [2.24, 2.45) is 0 Å². The van der Waals surface area contributed by atoms with Gasteiger partial charge in [0.25, 0.3) is 5.88 Å². The van der Waals surface area contributed by atoms with Crippen LogP contribution in [0.1, 0.15) is 33.6 Å². The van der Waals surface area contributed by atoms with Crippen molar-refractivity contribution in [2.45, 2.75) is 25.4 Å². The lowest BCUT2D eigenvalue weighted by Gasteiger charge is -2.12. The molecule has 0 amide bonds. The van der Waals surface area contributed by atoms with Gasteiger partial charge in [0.2, 0.25) is 0 Å². The van der Waals surface area contributed by atoms with Crippen molar-refractivity contribution in [1.29, 1.82) is 0 Å². The molecule has 3 rings (SSSR count). The van der Waals surface area contributed by atoms with E-state index in [-0.39, 0.29) is 17.2 Å². The van der Waals surface area contributed by atoms with Gasteiger partial charge in [0.05, 0.1) is 11.3 Å². The molecule has 0 saturated carbocycles. The van der Waals surface area contributed by atoms with Crippen LogP contribution in [0, 0.1) is 0 Å². The standard InChI is InChI=1S/C15H11F3N2O3/c16-15(17,18)8-3-1-4-9(7-8)23-13-12(14(21)22)10-5-2-6-11(10)19-20-13/h1,3-4,7H,2,5-6H2,(H,21,22). The molecule has 1 aromatic carbocycles. The number of rotatable bonds is 3. The van der Waals surface area contributed by atoms with Crippen LogP contribution in [0.2, 0.25) is 0 Å².